The molecule has 1 aromatic carbocycles. The number of rotatable bonds is 5. The molecule has 0 aromatic heterocycles. The number of anilines is 1. The summed E-state index contributed by atoms with van der Waals surface area (Å²) in [6.45, 7) is 0.938. The first-order valence-electron chi connectivity index (χ1n) is 7.52. The number of nitrogens with zero attached hydrogens (tertiary/aromatic N) is 1. The van der Waals surface area contributed by atoms with E-state index in [1.165, 1.54) is 12.0 Å². The molecule has 2 amide bonds. The first kappa shape index (κ1) is 17.6. The summed E-state index contributed by atoms with van der Waals surface area (Å²) in [4.78, 5) is 25.7. The van der Waals surface area contributed by atoms with Gasteiger partial charge in [0.05, 0.1) is 12.8 Å². The van der Waals surface area contributed by atoms with Gasteiger partial charge in [-0.25, -0.2) is 0 Å². The van der Waals surface area contributed by atoms with Gasteiger partial charge in [0, 0.05) is 50.2 Å². The van der Waals surface area contributed by atoms with Crippen molar-refractivity contribution < 1.29 is 14.3 Å². The first-order valence-corrected chi connectivity index (χ1v) is 8.67. The molecular weight excluding hydrogens is 314 g/mol. The fourth-order valence-electron chi connectivity index (χ4n) is 2.36. The third-order valence-corrected chi connectivity index (χ3v) is 4.69. The zero-order valence-corrected chi connectivity index (χ0v) is 14.5. The van der Waals surface area contributed by atoms with Crippen molar-refractivity contribution in [3.8, 4) is 5.75 Å². The Hall–Kier alpha value is -1.73. The molecule has 126 valence electrons. The number of amides is 2. The maximum absolute atomic E-state index is 12.2. The van der Waals surface area contributed by atoms with Crippen LogP contribution in [0.25, 0.3) is 0 Å². The number of thioether (sulfide) groups is 1. The Labute approximate surface area is 140 Å². The molecular formula is C16H23N3O3S. The minimum absolute atomic E-state index is 0.0602. The summed E-state index contributed by atoms with van der Waals surface area (Å²) < 4.78 is 5.30. The van der Waals surface area contributed by atoms with Crippen LogP contribution in [0.2, 0.25) is 0 Å². The van der Waals surface area contributed by atoms with Crippen LogP contribution in [0.3, 0.4) is 0 Å². The molecule has 1 saturated heterocycles. The minimum Gasteiger partial charge on any atom is -0.495 e. The molecule has 1 aliphatic rings. The molecule has 0 spiro atoms. The van der Waals surface area contributed by atoms with Gasteiger partial charge in [-0.3, -0.25) is 9.59 Å². The van der Waals surface area contributed by atoms with E-state index in [0.717, 1.165) is 18.1 Å². The van der Waals surface area contributed by atoms with Crippen molar-refractivity contribution in [3.05, 3.63) is 23.8 Å². The Morgan fingerprint density at radius 2 is 2.22 bits per heavy atom. The lowest BCUT2D eigenvalue weighted by molar-refractivity contribution is -0.116. The molecule has 1 fully saturated rings. The van der Waals surface area contributed by atoms with Gasteiger partial charge in [0.2, 0.25) is 5.91 Å². The fraction of sp³-hybridized carbons (Fsp3) is 0.500. The van der Waals surface area contributed by atoms with Crippen LogP contribution in [-0.4, -0.2) is 62.0 Å². The van der Waals surface area contributed by atoms with E-state index in [-0.39, 0.29) is 17.9 Å². The monoisotopic (exact) mass is 337 g/mol. The summed E-state index contributed by atoms with van der Waals surface area (Å²) >= 11 is 1.86. The van der Waals surface area contributed by atoms with Crippen LogP contribution in [0.15, 0.2) is 18.2 Å². The van der Waals surface area contributed by atoms with Crippen molar-refractivity contribution in [3.63, 3.8) is 0 Å². The minimum atomic E-state index is -0.107. The van der Waals surface area contributed by atoms with Crippen molar-refractivity contribution in [2.45, 2.75) is 12.5 Å². The van der Waals surface area contributed by atoms with E-state index < -0.39 is 0 Å². The Morgan fingerprint density at radius 1 is 1.43 bits per heavy atom. The number of ether oxygens (including phenoxy) is 1. The maximum Gasteiger partial charge on any atom is 0.253 e. The molecule has 2 N–H and O–H groups in total. The second kappa shape index (κ2) is 8.21. The van der Waals surface area contributed by atoms with E-state index in [9.17, 15) is 9.59 Å². The second-order valence-electron chi connectivity index (χ2n) is 5.59. The lowest BCUT2D eigenvalue weighted by Crippen LogP contribution is -2.39. The number of hydrogen-bond acceptors (Lipinski definition) is 5. The van der Waals surface area contributed by atoms with E-state index in [1.807, 2.05) is 11.8 Å². The quantitative estimate of drug-likeness (QED) is 0.851. The summed E-state index contributed by atoms with van der Waals surface area (Å²) in [5, 5.41) is 6.20. The van der Waals surface area contributed by atoms with Gasteiger partial charge in [-0.15, -0.1) is 0 Å². The van der Waals surface area contributed by atoms with Gasteiger partial charge in [0.1, 0.15) is 5.75 Å². The number of benzene rings is 1. The highest BCUT2D eigenvalue weighted by Crippen LogP contribution is 2.26. The predicted molar refractivity (Wildman–Crippen MR) is 93.4 cm³/mol. The van der Waals surface area contributed by atoms with E-state index in [2.05, 4.69) is 10.6 Å². The van der Waals surface area contributed by atoms with Crippen LogP contribution < -0.4 is 15.4 Å². The van der Waals surface area contributed by atoms with E-state index in [1.54, 1.807) is 32.3 Å². The highest BCUT2D eigenvalue weighted by molar-refractivity contribution is 7.99. The Morgan fingerprint density at radius 3 is 2.83 bits per heavy atom. The van der Waals surface area contributed by atoms with Gasteiger partial charge in [-0.1, -0.05) is 0 Å². The summed E-state index contributed by atoms with van der Waals surface area (Å²) in [7, 11) is 4.91. The average Bonchev–Trinajstić information content (AvgIpc) is 2.55. The predicted octanol–water partition coefficient (Wildman–Crippen LogP) is 1.43. The molecule has 0 saturated carbocycles. The van der Waals surface area contributed by atoms with Crippen LogP contribution >= 0.6 is 11.8 Å². The van der Waals surface area contributed by atoms with Crippen LogP contribution in [-0.2, 0) is 4.79 Å². The SMILES string of the molecule is COc1cc(C(=O)N(C)C)ccc1NC(=O)CC1CSCCN1. The van der Waals surface area contributed by atoms with Crippen LogP contribution in [0, 0.1) is 0 Å². The van der Waals surface area contributed by atoms with E-state index in [4.69, 9.17) is 4.74 Å². The molecule has 1 aromatic rings. The molecule has 1 heterocycles. The highest BCUT2D eigenvalue weighted by Gasteiger charge is 2.18. The number of carbonyl (C=O) groups excluding carboxylic acids is 2. The molecule has 0 aliphatic carbocycles. The Balaban J connectivity index is 2.03. The summed E-state index contributed by atoms with van der Waals surface area (Å²) in [5.74, 6) is 2.35. The average molecular weight is 337 g/mol. The first-order chi connectivity index (χ1) is 11.0. The third-order valence-electron chi connectivity index (χ3n) is 3.56. The highest BCUT2D eigenvalue weighted by atomic mass is 32.2. The lowest BCUT2D eigenvalue weighted by Gasteiger charge is -2.22. The molecule has 1 unspecified atom stereocenters. The zero-order valence-electron chi connectivity index (χ0n) is 13.7. The lowest BCUT2D eigenvalue weighted by atomic mass is 10.1. The van der Waals surface area contributed by atoms with Crippen LogP contribution in [0.5, 0.6) is 5.75 Å². The smallest absolute Gasteiger partial charge is 0.253 e. The topological polar surface area (TPSA) is 70.7 Å². The molecule has 7 heteroatoms. The Kier molecular flexibility index (Phi) is 6.29. The second-order valence-corrected chi connectivity index (χ2v) is 6.74. The normalized spacial score (nSPS) is 17.4. The van der Waals surface area contributed by atoms with Gasteiger partial charge in [0.25, 0.3) is 5.91 Å². The largest absolute Gasteiger partial charge is 0.495 e. The van der Waals surface area contributed by atoms with Crippen LogP contribution in [0.4, 0.5) is 5.69 Å². The van der Waals surface area contributed by atoms with Gasteiger partial charge >= 0.3 is 0 Å². The summed E-state index contributed by atoms with van der Waals surface area (Å²) in [6, 6.07) is 5.24. The fourth-order valence-corrected chi connectivity index (χ4v) is 3.31. The van der Waals surface area contributed by atoms with E-state index >= 15 is 0 Å². The van der Waals surface area contributed by atoms with E-state index in [0.29, 0.717) is 23.4 Å². The van der Waals surface area contributed by atoms with Crippen LogP contribution in [0.1, 0.15) is 16.8 Å². The molecule has 6 nitrogen and oxygen atoms in total. The van der Waals surface area contributed by atoms with Crippen molar-refractivity contribution >= 4 is 29.3 Å². The number of methoxy groups -OCH3 is 1. The van der Waals surface area contributed by atoms with Crippen molar-refractivity contribution in [2.75, 3.05) is 44.6 Å². The van der Waals surface area contributed by atoms with Gasteiger partial charge in [0.15, 0.2) is 0 Å². The van der Waals surface area contributed by atoms with Gasteiger partial charge in [-0.05, 0) is 18.2 Å². The molecule has 1 aliphatic heterocycles. The number of hydrogen-bond donors (Lipinski definition) is 2. The Bertz CT molecular complexity index is 572. The van der Waals surface area contributed by atoms with Crippen molar-refractivity contribution in [1.29, 1.82) is 0 Å². The van der Waals surface area contributed by atoms with Crippen molar-refractivity contribution in [1.82, 2.24) is 10.2 Å². The number of carbonyl (C=O) groups is 2. The van der Waals surface area contributed by atoms with Crippen molar-refractivity contribution in [2.24, 2.45) is 0 Å². The summed E-state index contributed by atoms with van der Waals surface area (Å²) in [5.41, 5.74) is 1.10. The molecule has 0 radical (unpaired) electrons. The van der Waals surface area contributed by atoms with Gasteiger partial charge in [-0.2, -0.15) is 11.8 Å². The maximum atomic E-state index is 12.2. The molecule has 2 rings (SSSR count). The molecule has 1 atom stereocenters. The third kappa shape index (κ3) is 4.87. The molecule has 0 bridgehead atoms. The summed E-state index contributed by atoms with van der Waals surface area (Å²) in [6.07, 6.45) is 0.425. The standard InChI is InChI=1S/C16H23N3O3S/c1-19(2)16(21)11-4-5-13(14(8-11)22-3)18-15(20)9-12-10-23-7-6-17-12/h4-5,8,12,17H,6-7,9-10H2,1-3H3,(H,18,20). The van der Waals surface area contributed by atoms with Gasteiger partial charge < -0.3 is 20.3 Å². The number of nitrogens with one attached hydrogen (secondary N) is 2. The zero-order chi connectivity index (χ0) is 16.8. The molecule has 23 heavy (non-hydrogen) atoms.